The summed E-state index contributed by atoms with van der Waals surface area (Å²) in [5.41, 5.74) is 1.52. The Bertz CT molecular complexity index is 1350. The third-order valence-electron chi connectivity index (χ3n) is 5.71. The molecular weight excluding hydrogens is 468 g/mol. The second kappa shape index (κ2) is 10.1. The highest BCUT2D eigenvalue weighted by molar-refractivity contribution is 7.91. The van der Waals surface area contributed by atoms with Crippen molar-refractivity contribution < 1.29 is 27.5 Å². The largest absolute Gasteiger partial charge is 0.496 e. The number of amides is 3. The molecule has 1 heterocycles. The number of sulfone groups is 1. The van der Waals surface area contributed by atoms with Crippen LogP contribution in [0.2, 0.25) is 0 Å². The fourth-order valence-electron chi connectivity index (χ4n) is 3.90. The molecule has 9 heteroatoms. The molecule has 0 aliphatic carbocycles. The first-order valence-corrected chi connectivity index (χ1v) is 12.6. The number of carbonyl (C=O) groups is 3. The minimum absolute atomic E-state index is 0.00589. The summed E-state index contributed by atoms with van der Waals surface area (Å²) in [7, 11) is -2.00. The summed E-state index contributed by atoms with van der Waals surface area (Å²) in [4.78, 5) is 39.5. The number of rotatable bonds is 9. The van der Waals surface area contributed by atoms with Crippen molar-refractivity contribution in [3.05, 3.63) is 95.1 Å². The zero-order chi connectivity index (χ0) is 25.0. The van der Waals surface area contributed by atoms with Crippen LogP contribution in [0, 0.1) is 0 Å². The van der Waals surface area contributed by atoms with E-state index in [1.54, 1.807) is 72.8 Å². The van der Waals surface area contributed by atoms with Gasteiger partial charge in [0.15, 0.2) is 9.84 Å². The molecule has 1 aliphatic rings. The van der Waals surface area contributed by atoms with E-state index in [2.05, 4.69) is 5.32 Å². The van der Waals surface area contributed by atoms with Gasteiger partial charge in [-0.2, -0.15) is 0 Å². The van der Waals surface area contributed by atoms with E-state index in [1.165, 1.54) is 7.11 Å². The summed E-state index contributed by atoms with van der Waals surface area (Å²) in [6.45, 7) is 0.155. The number of methoxy groups -OCH3 is 1. The number of benzene rings is 3. The minimum Gasteiger partial charge on any atom is -0.496 e. The van der Waals surface area contributed by atoms with Crippen LogP contribution >= 0.6 is 0 Å². The van der Waals surface area contributed by atoms with Crippen LogP contribution in [0.1, 0.15) is 43.1 Å². The van der Waals surface area contributed by atoms with E-state index in [0.29, 0.717) is 22.4 Å². The van der Waals surface area contributed by atoms with Crippen LogP contribution in [0.5, 0.6) is 5.75 Å². The molecule has 3 amide bonds. The molecule has 0 spiro atoms. The lowest BCUT2D eigenvalue weighted by molar-refractivity contribution is 0.0642. The number of carbonyl (C=O) groups excluding carboxylic acids is 3. The predicted octanol–water partition coefficient (Wildman–Crippen LogP) is 3.09. The molecule has 0 bridgehead atoms. The molecule has 4 rings (SSSR count). The molecule has 8 nitrogen and oxygen atoms in total. The van der Waals surface area contributed by atoms with Gasteiger partial charge in [0.1, 0.15) is 5.75 Å². The van der Waals surface area contributed by atoms with E-state index in [4.69, 9.17) is 4.74 Å². The number of fused-ring (bicyclic) bond motifs is 1. The number of hydrogen-bond acceptors (Lipinski definition) is 6. The van der Waals surface area contributed by atoms with Crippen LogP contribution < -0.4 is 10.1 Å². The first kappa shape index (κ1) is 24.2. The summed E-state index contributed by atoms with van der Waals surface area (Å²) >= 11 is 0. The third-order valence-corrected chi connectivity index (χ3v) is 7.52. The highest BCUT2D eigenvalue weighted by Gasteiger charge is 2.35. The van der Waals surface area contributed by atoms with Gasteiger partial charge in [-0.25, -0.2) is 8.42 Å². The number of hydrogen-bond donors (Lipinski definition) is 1. The lowest BCUT2D eigenvalue weighted by Crippen LogP contribution is -2.29. The van der Waals surface area contributed by atoms with Crippen LogP contribution in [0.25, 0.3) is 0 Å². The topological polar surface area (TPSA) is 110 Å². The second-order valence-electron chi connectivity index (χ2n) is 8.02. The molecular formula is C26H24N2O6S. The standard InChI is InChI=1S/C26H24N2O6S/c1-34-23-13-12-18(17-28-25(30)20-10-5-6-11-21(20)26(28)31)16-22(23)24(29)27-14-7-15-35(32,33)19-8-3-2-4-9-19/h2-6,8-13,16H,7,14-15,17H2,1H3,(H,27,29). The van der Waals surface area contributed by atoms with Crippen LogP contribution in [0.4, 0.5) is 0 Å². The Morgan fingerprint density at radius 2 is 1.54 bits per heavy atom. The Labute approximate surface area is 203 Å². The summed E-state index contributed by atoms with van der Waals surface area (Å²) in [5.74, 6) is -0.985. The van der Waals surface area contributed by atoms with Gasteiger partial charge in [0.2, 0.25) is 0 Å². The Hall–Kier alpha value is -3.98. The second-order valence-corrected chi connectivity index (χ2v) is 10.1. The lowest BCUT2D eigenvalue weighted by Gasteiger charge is -2.16. The van der Waals surface area contributed by atoms with Gasteiger partial charge >= 0.3 is 0 Å². The van der Waals surface area contributed by atoms with Gasteiger partial charge < -0.3 is 10.1 Å². The zero-order valence-electron chi connectivity index (χ0n) is 19.1. The first-order valence-electron chi connectivity index (χ1n) is 11.0. The summed E-state index contributed by atoms with van der Waals surface area (Å²) in [6.07, 6.45) is 0.236. The van der Waals surface area contributed by atoms with Gasteiger partial charge in [0, 0.05) is 6.54 Å². The predicted molar refractivity (Wildman–Crippen MR) is 129 cm³/mol. The van der Waals surface area contributed by atoms with Crippen molar-refractivity contribution in [3.8, 4) is 5.75 Å². The highest BCUT2D eigenvalue weighted by Crippen LogP contribution is 2.26. The van der Waals surface area contributed by atoms with Crippen molar-refractivity contribution in [1.82, 2.24) is 10.2 Å². The molecule has 35 heavy (non-hydrogen) atoms. The van der Waals surface area contributed by atoms with Crippen LogP contribution in [0.15, 0.2) is 77.7 Å². The van der Waals surface area contributed by atoms with Gasteiger partial charge in [-0.3, -0.25) is 19.3 Å². The Balaban J connectivity index is 1.41. The Morgan fingerprint density at radius 1 is 0.914 bits per heavy atom. The normalized spacial score (nSPS) is 13.0. The van der Waals surface area contributed by atoms with Crippen LogP contribution in [0.3, 0.4) is 0 Å². The minimum atomic E-state index is -3.43. The van der Waals surface area contributed by atoms with Crippen molar-refractivity contribution in [2.45, 2.75) is 17.9 Å². The van der Waals surface area contributed by atoms with E-state index >= 15 is 0 Å². The molecule has 1 aliphatic heterocycles. The van der Waals surface area contributed by atoms with Crippen LogP contribution in [-0.4, -0.2) is 50.4 Å². The van der Waals surface area contributed by atoms with Gasteiger partial charge in [0.25, 0.3) is 17.7 Å². The molecule has 0 atom stereocenters. The summed E-state index contributed by atoms with van der Waals surface area (Å²) < 4.78 is 30.1. The van der Waals surface area contributed by atoms with E-state index < -0.39 is 15.7 Å². The summed E-state index contributed by atoms with van der Waals surface area (Å²) in [6, 6.07) is 19.6. The number of imide groups is 1. The summed E-state index contributed by atoms with van der Waals surface area (Å²) in [5, 5.41) is 2.72. The average Bonchev–Trinajstić information content (AvgIpc) is 3.12. The fourth-order valence-corrected chi connectivity index (χ4v) is 5.23. The first-order chi connectivity index (χ1) is 16.8. The molecule has 180 valence electrons. The van der Waals surface area contributed by atoms with Gasteiger partial charge in [0.05, 0.1) is 41.0 Å². The quantitative estimate of drug-likeness (QED) is 0.363. The van der Waals surface area contributed by atoms with Gasteiger partial charge in [-0.05, 0) is 48.4 Å². The van der Waals surface area contributed by atoms with Crippen LogP contribution in [-0.2, 0) is 16.4 Å². The van der Waals surface area contributed by atoms with Crippen molar-refractivity contribution in [2.75, 3.05) is 19.4 Å². The Kier molecular flexibility index (Phi) is 6.97. The molecule has 3 aromatic carbocycles. The fraction of sp³-hybridized carbons (Fsp3) is 0.192. The van der Waals surface area contributed by atoms with E-state index in [1.807, 2.05) is 0 Å². The van der Waals surface area contributed by atoms with E-state index in [0.717, 1.165) is 4.90 Å². The molecule has 0 saturated heterocycles. The highest BCUT2D eigenvalue weighted by atomic mass is 32.2. The third kappa shape index (κ3) is 5.09. The molecule has 0 aromatic heterocycles. The lowest BCUT2D eigenvalue weighted by atomic mass is 10.1. The monoisotopic (exact) mass is 492 g/mol. The Morgan fingerprint density at radius 3 is 2.17 bits per heavy atom. The van der Waals surface area contributed by atoms with Crippen molar-refractivity contribution in [1.29, 1.82) is 0 Å². The average molecular weight is 493 g/mol. The molecule has 0 fully saturated rings. The maximum Gasteiger partial charge on any atom is 0.261 e. The smallest absolute Gasteiger partial charge is 0.261 e. The molecule has 0 radical (unpaired) electrons. The van der Waals surface area contributed by atoms with E-state index in [-0.39, 0.29) is 47.5 Å². The SMILES string of the molecule is COc1ccc(CN2C(=O)c3ccccc3C2=O)cc1C(=O)NCCCS(=O)(=O)c1ccccc1. The molecule has 1 N–H and O–H groups in total. The molecule has 0 saturated carbocycles. The maximum atomic E-state index is 12.8. The van der Waals surface area contributed by atoms with E-state index in [9.17, 15) is 22.8 Å². The van der Waals surface area contributed by atoms with Gasteiger partial charge in [-0.15, -0.1) is 0 Å². The number of nitrogens with zero attached hydrogens (tertiary/aromatic N) is 1. The van der Waals surface area contributed by atoms with Gasteiger partial charge in [-0.1, -0.05) is 36.4 Å². The van der Waals surface area contributed by atoms with Crippen molar-refractivity contribution in [2.24, 2.45) is 0 Å². The maximum absolute atomic E-state index is 12.8. The molecule has 3 aromatic rings. The molecule has 0 unspecified atom stereocenters. The number of ether oxygens (including phenoxy) is 1. The number of nitrogens with one attached hydrogen (secondary N) is 1. The van der Waals surface area contributed by atoms with Crippen molar-refractivity contribution >= 4 is 27.6 Å². The zero-order valence-corrected chi connectivity index (χ0v) is 19.9. The van der Waals surface area contributed by atoms with Crippen molar-refractivity contribution in [3.63, 3.8) is 0 Å².